The topological polar surface area (TPSA) is 72.9 Å². The van der Waals surface area contributed by atoms with Crippen molar-refractivity contribution < 1.29 is 18.0 Å². The number of aromatic nitrogens is 2. The fourth-order valence-corrected chi connectivity index (χ4v) is 1.73. The van der Waals surface area contributed by atoms with Gasteiger partial charge in [0, 0.05) is 6.20 Å². The molecule has 21 heavy (non-hydrogen) atoms. The number of anilines is 2. The lowest BCUT2D eigenvalue weighted by atomic mass is 10.2. The quantitative estimate of drug-likeness (QED) is 0.855. The van der Waals surface area contributed by atoms with Crippen LogP contribution in [0, 0.1) is 6.92 Å². The van der Waals surface area contributed by atoms with E-state index in [-0.39, 0.29) is 6.54 Å². The van der Waals surface area contributed by atoms with Gasteiger partial charge < -0.3 is 11.1 Å². The average molecular weight is 298 g/mol. The molecule has 8 heteroatoms. The molecule has 3 N–H and O–H groups in total. The summed E-state index contributed by atoms with van der Waals surface area (Å²) in [7, 11) is 0. The van der Waals surface area contributed by atoms with Crippen molar-refractivity contribution in [3.05, 3.63) is 41.7 Å². The highest BCUT2D eigenvalue weighted by molar-refractivity contribution is 5.93. The Morgan fingerprint density at radius 1 is 1.43 bits per heavy atom. The van der Waals surface area contributed by atoms with E-state index < -0.39 is 17.6 Å². The number of nitrogens with two attached hydrogens (primary N) is 1. The number of nitrogen functional groups attached to an aromatic ring is 1. The van der Waals surface area contributed by atoms with Crippen LogP contribution in [0.25, 0.3) is 0 Å². The number of rotatable bonds is 3. The predicted octanol–water partition coefficient (Wildman–Crippen LogP) is 2.43. The molecule has 2 aromatic rings. The van der Waals surface area contributed by atoms with Crippen molar-refractivity contribution in [1.29, 1.82) is 0 Å². The van der Waals surface area contributed by atoms with E-state index in [2.05, 4.69) is 10.4 Å². The standard InChI is InChI=1S/C13H13F3N4O/c1-8-2-3-11(10(17)4-8)19-12(21)7-20-6-9(5-18-20)13(14,15)16/h2-6H,7,17H2,1H3,(H,19,21). The van der Waals surface area contributed by atoms with Crippen molar-refractivity contribution in [3.63, 3.8) is 0 Å². The van der Waals surface area contributed by atoms with E-state index in [1.54, 1.807) is 18.2 Å². The van der Waals surface area contributed by atoms with Crippen LogP contribution in [0.1, 0.15) is 11.1 Å². The van der Waals surface area contributed by atoms with E-state index in [4.69, 9.17) is 5.73 Å². The van der Waals surface area contributed by atoms with Crippen LogP contribution in [0.2, 0.25) is 0 Å². The van der Waals surface area contributed by atoms with Crippen LogP contribution in [-0.4, -0.2) is 15.7 Å². The largest absolute Gasteiger partial charge is 0.419 e. The molecule has 2 rings (SSSR count). The van der Waals surface area contributed by atoms with E-state index in [9.17, 15) is 18.0 Å². The van der Waals surface area contributed by atoms with Gasteiger partial charge in [0.15, 0.2) is 0 Å². The summed E-state index contributed by atoms with van der Waals surface area (Å²) in [5, 5.41) is 6.03. The Kier molecular flexibility index (Phi) is 3.88. The molecule has 0 saturated carbocycles. The van der Waals surface area contributed by atoms with Crippen molar-refractivity contribution in [2.75, 3.05) is 11.1 Å². The van der Waals surface area contributed by atoms with Crippen LogP contribution in [0.15, 0.2) is 30.6 Å². The van der Waals surface area contributed by atoms with Gasteiger partial charge in [-0.25, -0.2) is 0 Å². The summed E-state index contributed by atoms with van der Waals surface area (Å²) in [5.41, 5.74) is 6.58. The van der Waals surface area contributed by atoms with Crippen LogP contribution >= 0.6 is 0 Å². The van der Waals surface area contributed by atoms with Crippen molar-refractivity contribution >= 4 is 17.3 Å². The fourth-order valence-electron chi connectivity index (χ4n) is 1.73. The van der Waals surface area contributed by atoms with Gasteiger partial charge in [0.05, 0.1) is 23.1 Å². The van der Waals surface area contributed by atoms with E-state index >= 15 is 0 Å². The minimum Gasteiger partial charge on any atom is -0.397 e. The molecule has 0 aliphatic rings. The molecule has 1 aromatic carbocycles. The van der Waals surface area contributed by atoms with Crippen molar-refractivity contribution in [1.82, 2.24) is 9.78 Å². The number of alkyl halides is 3. The molecular formula is C13H13F3N4O. The second-order valence-corrected chi connectivity index (χ2v) is 4.56. The molecule has 1 heterocycles. The number of halogens is 3. The maximum absolute atomic E-state index is 12.4. The first kappa shape index (κ1) is 14.9. The lowest BCUT2D eigenvalue weighted by molar-refractivity contribution is -0.137. The van der Waals surface area contributed by atoms with Gasteiger partial charge in [0.1, 0.15) is 6.54 Å². The maximum atomic E-state index is 12.4. The van der Waals surface area contributed by atoms with E-state index in [0.29, 0.717) is 17.6 Å². The lowest BCUT2D eigenvalue weighted by Gasteiger charge is -2.09. The van der Waals surface area contributed by atoms with Crippen molar-refractivity contribution in [2.24, 2.45) is 0 Å². The third-order valence-electron chi connectivity index (χ3n) is 2.75. The molecule has 0 fully saturated rings. The minimum absolute atomic E-state index is 0.330. The highest BCUT2D eigenvalue weighted by Crippen LogP contribution is 2.28. The average Bonchev–Trinajstić information content (AvgIpc) is 2.81. The molecule has 0 radical (unpaired) electrons. The minimum atomic E-state index is -4.48. The van der Waals surface area contributed by atoms with Crippen LogP contribution in [0.5, 0.6) is 0 Å². The number of nitrogens with zero attached hydrogens (tertiary/aromatic N) is 2. The van der Waals surface area contributed by atoms with E-state index in [0.717, 1.165) is 16.4 Å². The number of amides is 1. The summed E-state index contributed by atoms with van der Waals surface area (Å²) in [5.74, 6) is -0.512. The Hall–Kier alpha value is -2.51. The number of hydrogen-bond donors (Lipinski definition) is 2. The molecule has 0 saturated heterocycles. The molecule has 1 amide bonds. The number of aryl methyl sites for hydroxylation is 1. The van der Waals surface area contributed by atoms with E-state index in [1.165, 1.54) is 0 Å². The van der Waals surface area contributed by atoms with Gasteiger partial charge in [0.2, 0.25) is 5.91 Å². The molecule has 0 atom stereocenters. The zero-order chi connectivity index (χ0) is 15.6. The van der Waals surface area contributed by atoms with Crippen LogP contribution < -0.4 is 11.1 Å². The number of carbonyl (C=O) groups is 1. The Morgan fingerprint density at radius 2 is 2.14 bits per heavy atom. The normalized spacial score (nSPS) is 11.4. The number of carbonyl (C=O) groups excluding carboxylic acids is 1. The molecule has 0 spiro atoms. The maximum Gasteiger partial charge on any atom is 0.419 e. The van der Waals surface area contributed by atoms with Crippen LogP contribution in [0.4, 0.5) is 24.5 Å². The first-order valence-corrected chi connectivity index (χ1v) is 6.01. The van der Waals surface area contributed by atoms with Crippen LogP contribution in [-0.2, 0) is 17.5 Å². The van der Waals surface area contributed by atoms with Gasteiger partial charge in [-0.2, -0.15) is 18.3 Å². The molecule has 1 aromatic heterocycles. The highest BCUT2D eigenvalue weighted by atomic mass is 19.4. The zero-order valence-corrected chi connectivity index (χ0v) is 11.1. The SMILES string of the molecule is Cc1ccc(NC(=O)Cn2cc(C(F)(F)F)cn2)c(N)c1. The van der Waals surface area contributed by atoms with Gasteiger partial charge in [-0.05, 0) is 24.6 Å². The smallest absolute Gasteiger partial charge is 0.397 e. The summed E-state index contributed by atoms with van der Waals surface area (Å²) in [6, 6.07) is 5.08. The second kappa shape index (κ2) is 5.47. The van der Waals surface area contributed by atoms with Gasteiger partial charge in [-0.3, -0.25) is 9.48 Å². The third kappa shape index (κ3) is 3.74. The summed E-state index contributed by atoms with van der Waals surface area (Å²) >= 11 is 0. The Bertz CT molecular complexity index is 664. The third-order valence-corrected chi connectivity index (χ3v) is 2.75. The summed E-state index contributed by atoms with van der Waals surface area (Å²) in [4.78, 5) is 11.8. The summed E-state index contributed by atoms with van der Waals surface area (Å²) < 4.78 is 38.1. The Morgan fingerprint density at radius 3 is 2.71 bits per heavy atom. The van der Waals surface area contributed by atoms with Crippen molar-refractivity contribution in [2.45, 2.75) is 19.6 Å². The monoisotopic (exact) mass is 298 g/mol. The number of nitrogens with one attached hydrogen (secondary N) is 1. The number of hydrogen-bond acceptors (Lipinski definition) is 3. The summed E-state index contributed by atoms with van der Waals surface area (Å²) in [6.07, 6.45) is -3.03. The van der Waals surface area contributed by atoms with Gasteiger partial charge in [-0.15, -0.1) is 0 Å². The number of benzene rings is 1. The molecule has 0 aliphatic heterocycles. The molecular weight excluding hydrogens is 285 g/mol. The molecule has 112 valence electrons. The van der Waals surface area contributed by atoms with Gasteiger partial charge in [-0.1, -0.05) is 6.07 Å². The molecule has 0 unspecified atom stereocenters. The van der Waals surface area contributed by atoms with Crippen LogP contribution in [0.3, 0.4) is 0 Å². The Balaban J connectivity index is 2.03. The predicted molar refractivity (Wildman–Crippen MR) is 71.5 cm³/mol. The Labute approximate surface area is 118 Å². The fraction of sp³-hybridized carbons (Fsp3) is 0.231. The zero-order valence-electron chi connectivity index (χ0n) is 11.1. The first-order chi connectivity index (χ1) is 9.75. The second-order valence-electron chi connectivity index (χ2n) is 4.56. The van der Waals surface area contributed by atoms with Gasteiger partial charge >= 0.3 is 6.18 Å². The molecule has 0 bridgehead atoms. The van der Waals surface area contributed by atoms with E-state index in [1.807, 2.05) is 6.92 Å². The lowest BCUT2D eigenvalue weighted by Crippen LogP contribution is -2.19. The van der Waals surface area contributed by atoms with Gasteiger partial charge in [0.25, 0.3) is 0 Å². The molecule has 0 aliphatic carbocycles. The molecule has 5 nitrogen and oxygen atoms in total. The highest BCUT2D eigenvalue weighted by Gasteiger charge is 2.32. The summed E-state index contributed by atoms with van der Waals surface area (Å²) in [6.45, 7) is 1.52. The first-order valence-electron chi connectivity index (χ1n) is 6.01. The van der Waals surface area contributed by atoms with Crippen molar-refractivity contribution in [3.8, 4) is 0 Å².